The lowest BCUT2D eigenvalue weighted by Gasteiger charge is -2.13. The summed E-state index contributed by atoms with van der Waals surface area (Å²) in [6.45, 7) is 3.93. The fraction of sp³-hybridized carbons (Fsp3) is 0.200. The van der Waals surface area contributed by atoms with Crippen LogP contribution in [0.25, 0.3) is 6.08 Å². The zero-order valence-corrected chi connectivity index (χ0v) is 14.7. The first kappa shape index (κ1) is 19.1. The van der Waals surface area contributed by atoms with Gasteiger partial charge in [-0.2, -0.15) is 0 Å². The number of carbonyl (C=O) groups is 2. The first-order chi connectivity index (χ1) is 12.5. The number of hydrogen-bond donors (Lipinski definition) is 2. The third-order valence-corrected chi connectivity index (χ3v) is 3.36. The quantitative estimate of drug-likeness (QED) is 0.710. The smallest absolute Gasteiger partial charge is 0.352 e. The number of amides is 1. The number of nitrogens with one attached hydrogen (secondary N) is 1. The fourth-order valence-electron chi connectivity index (χ4n) is 2.24. The van der Waals surface area contributed by atoms with Gasteiger partial charge in [0.1, 0.15) is 12.3 Å². The molecular weight excluding hydrogens is 334 g/mol. The van der Waals surface area contributed by atoms with E-state index in [1.807, 2.05) is 37.3 Å². The van der Waals surface area contributed by atoms with Gasteiger partial charge in [-0.15, -0.1) is 0 Å². The maximum atomic E-state index is 11.2. The molecule has 0 fully saturated rings. The molecule has 0 aliphatic rings. The van der Waals surface area contributed by atoms with Gasteiger partial charge in [-0.1, -0.05) is 36.4 Å². The Balaban J connectivity index is 2.24. The van der Waals surface area contributed by atoms with Crippen molar-refractivity contribution in [2.24, 2.45) is 0 Å². The summed E-state index contributed by atoms with van der Waals surface area (Å²) in [5.41, 5.74) is 1.39. The van der Waals surface area contributed by atoms with Gasteiger partial charge in [0.05, 0.1) is 6.61 Å². The van der Waals surface area contributed by atoms with Crippen molar-refractivity contribution >= 4 is 18.0 Å². The van der Waals surface area contributed by atoms with Crippen LogP contribution in [0.15, 0.2) is 54.2 Å². The number of benzene rings is 2. The Morgan fingerprint density at radius 2 is 1.81 bits per heavy atom. The second-order valence-corrected chi connectivity index (χ2v) is 5.46. The highest BCUT2D eigenvalue weighted by Gasteiger charge is 2.11. The molecule has 0 spiro atoms. The molecule has 0 bridgehead atoms. The van der Waals surface area contributed by atoms with Crippen LogP contribution < -0.4 is 14.8 Å². The first-order valence-electron chi connectivity index (χ1n) is 8.15. The van der Waals surface area contributed by atoms with Gasteiger partial charge in [0.2, 0.25) is 5.91 Å². The summed E-state index contributed by atoms with van der Waals surface area (Å²) in [5.74, 6) is -0.608. The maximum Gasteiger partial charge on any atom is 0.352 e. The van der Waals surface area contributed by atoms with Crippen molar-refractivity contribution < 1.29 is 24.2 Å². The Hall–Kier alpha value is -3.28. The largest absolute Gasteiger partial charge is 0.490 e. The molecule has 0 unspecified atom stereocenters. The van der Waals surface area contributed by atoms with Gasteiger partial charge >= 0.3 is 5.97 Å². The highest BCUT2D eigenvalue weighted by atomic mass is 16.5. The highest BCUT2D eigenvalue weighted by Crippen LogP contribution is 2.30. The molecule has 2 rings (SSSR count). The van der Waals surface area contributed by atoms with Crippen LogP contribution in [0, 0.1) is 0 Å². The van der Waals surface area contributed by atoms with Crippen molar-refractivity contribution in [3.05, 3.63) is 65.4 Å². The van der Waals surface area contributed by atoms with Crippen molar-refractivity contribution in [1.29, 1.82) is 0 Å². The third-order valence-electron chi connectivity index (χ3n) is 3.36. The van der Waals surface area contributed by atoms with Crippen LogP contribution in [0.4, 0.5) is 0 Å². The molecule has 26 heavy (non-hydrogen) atoms. The molecule has 6 heteroatoms. The maximum absolute atomic E-state index is 11.2. The van der Waals surface area contributed by atoms with Crippen molar-refractivity contribution in [3.8, 4) is 11.5 Å². The van der Waals surface area contributed by atoms with E-state index in [4.69, 9.17) is 9.47 Å². The highest BCUT2D eigenvalue weighted by molar-refractivity contribution is 5.96. The number of carboxylic acid groups (broad SMARTS) is 1. The summed E-state index contributed by atoms with van der Waals surface area (Å²) in [7, 11) is 0. The minimum absolute atomic E-state index is 0.210. The Kier molecular flexibility index (Phi) is 6.79. The van der Waals surface area contributed by atoms with E-state index in [1.54, 1.807) is 18.2 Å². The molecule has 0 saturated heterocycles. The lowest BCUT2D eigenvalue weighted by Crippen LogP contribution is -2.24. The van der Waals surface area contributed by atoms with Crippen LogP contribution in [0.1, 0.15) is 25.0 Å². The Labute approximate surface area is 152 Å². The van der Waals surface area contributed by atoms with E-state index in [9.17, 15) is 14.7 Å². The number of carboxylic acids is 1. The fourth-order valence-corrected chi connectivity index (χ4v) is 2.24. The minimum atomic E-state index is -1.22. The molecular formula is C20H21NO5. The van der Waals surface area contributed by atoms with Gasteiger partial charge in [0, 0.05) is 6.92 Å². The third kappa shape index (κ3) is 5.66. The van der Waals surface area contributed by atoms with E-state index in [0.717, 1.165) is 5.56 Å². The van der Waals surface area contributed by atoms with Crippen LogP contribution >= 0.6 is 0 Å². The van der Waals surface area contributed by atoms with E-state index >= 15 is 0 Å². The summed E-state index contributed by atoms with van der Waals surface area (Å²) in [6, 6.07) is 14.8. The van der Waals surface area contributed by atoms with E-state index in [1.165, 1.54) is 13.0 Å². The number of rotatable bonds is 8. The summed E-state index contributed by atoms with van der Waals surface area (Å²) < 4.78 is 11.4. The summed E-state index contributed by atoms with van der Waals surface area (Å²) in [4.78, 5) is 22.4. The van der Waals surface area contributed by atoms with Crippen molar-refractivity contribution in [2.45, 2.75) is 20.5 Å². The molecule has 6 nitrogen and oxygen atoms in total. The van der Waals surface area contributed by atoms with Crippen LogP contribution in [0.5, 0.6) is 11.5 Å². The molecule has 2 aromatic rings. The molecule has 136 valence electrons. The minimum Gasteiger partial charge on any atom is -0.490 e. The average molecular weight is 355 g/mol. The Morgan fingerprint density at radius 3 is 2.42 bits per heavy atom. The van der Waals surface area contributed by atoms with Crippen molar-refractivity contribution in [2.75, 3.05) is 6.61 Å². The second-order valence-electron chi connectivity index (χ2n) is 5.46. The Bertz CT molecular complexity index is 799. The SMILES string of the molecule is CCOc1cc(/C=C(/NC(C)=O)C(=O)O)ccc1OCc1ccccc1. The van der Waals surface area contributed by atoms with Gasteiger partial charge in [0.25, 0.3) is 0 Å². The zero-order valence-electron chi connectivity index (χ0n) is 14.7. The standard InChI is InChI=1S/C20H21NO5/c1-3-25-19-12-16(11-17(20(23)24)21-14(2)22)9-10-18(19)26-13-15-7-5-4-6-8-15/h4-12H,3,13H2,1-2H3,(H,21,22)(H,23,24)/b17-11+. The lowest BCUT2D eigenvalue weighted by molar-refractivity contribution is -0.134. The molecule has 0 heterocycles. The second kappa shape index (κ2) is 9.27. The van der Waals surface area contributed by atoms with Gasteiger partial charge in [0.15, 0.2) is 11.5 Å². The summed E-state index contributed by atoms with van der Waals surface area (Å²) in [6.07, 6.45) is 1.37. The van der Waals surface area contributed by atoms with Crippen LogP contribution in [0.2, 0.25) is 0 Å². The molecule has 0 aliphatic carbocycles. The van der Waals surface area contributed by atoms with E-state index in [2.05, 4.69) is 5.32 Å². The molecule has 0 aromatic heterocycles. The molecule has 0 atom stereocenters. The van der Waals surface area contributed by atoms with Gasteiger partial charge in [-0.3, -0.25) is 4.79 Å². The topological polar surface area (TPSA) is 84.9 Å². The van der Waals surface area contributed by atoms with Gasteiger partial charge in [-0.05, 0) is 36.3 Å². The van der Waals surface area contributed by atoms with E-state index in [0.29, 0.717) is 30.3 Å². The Morgan fingerprint density at radius 1 is 1.08 bits per heavy atom. The van der Waals surface area contributed by atoms with Crippen LogP contribution in [-0.2, 0) is 16.2 Å². The summed E-state index contributed by atoms with van der Waals surface area (Å²) in [5, 5.41) is 11.5. The summed E-state index contributed by atoms with van der Waals surface area (Å²) >= 11 is 0. The lowest BCUT2D eigenvalue weighted by atomic mass is 10.1. The molecule has 1 amide bonds. The number of carbonyl (C=O) groups excluding carboxylic acids is 1. The van der Waals surface area contributed by atoms with Gasteiger partial charge in [-0.25, -0.2) is 4.79 Å². The molecule has 0 aliphatic heterocycles. The monoisotopic (exact) mass is 355 g/mol. The molecule has 2 N–H and O–H groups in total. The van der Waals surface area contributed by atoms with Crippen molar-refractivity contribution in [3.63, 3.8) is 0 Å². The van der Waals surface area contributed by atoms with Crippen LogP contribution in [0.3, 0.4) is 0 Å². The van der Waals surface area contributed by atoms with Crippen molar-refractivity contribution in [1.82, 2.24) is 5.32 Å². The predicted octanol–water partition coefficient (Wildman–Crippen LogP) is 3.23. The normalized spacial score (nSPS) is 10.9. The molecule has 0 saturated carbocycles. The number of hydrogen-bond acceptors (Lipinski definition) is 4. The van der Waals surface area contributed by atoms with E-state index in [-0.39, 0.29) is 5.70 Å². The zero-order chi connectivity index (χ0) is 18.9. The molecule has 0 radical (unpaired) electrons. The average Bonchev–Trinajstić information content (AvgIpc) is 2.61. The van der Waals surface area contributed by atoms with E-state index < -0.39 is 11.9 Å². The first-order valence-corrected chi connectivity index (χ1v) is 8.15. The molecule has 2 aromatic carbocycles. The number of ether oxygens (including phenoxy) is 2. The van der Waals surface area contributed by atoms with Crippen LogP contribution in [-0.4, -0.2) is 23.6 Å². The van der Waals surface area contributed by atoms with Gasteiger partial charge < -0.3 is 19.9 Å². The number of aliphatic carboxylic acids is 1. The predicted molar refractivity (Wildman–Crippen MR) is 97.8 cm³/mol.